The minimum absolute atomic E-state index is 0.0505. The topological polar surface area (TPSA) is 51.1 Å². The number of benzene rings is 1. The van der Waals surface area contributed by atoms with E-state index in [0.29, 0.717) is 16.3 Å². The molecule has 2 aromatic rings. The number of carbonyl (C=O) groups is 1. The number of hydrogen-bond acceptors (Lipinski definition) is 2. The first kappa shape index (κ1) is 15.8. The van der Waals surface area contributed by atoms with Crippen LogP contribution in [-0.2, 0) is 11.3 Å². The first-order valence-corrected chi connectivity index (χ1v) is 7.46. The molecule has 1 heterocycles. The summed E-state index contributed by atoms with van der Waals surface area (Å²) in [7, 11) is 0. The van der Waals surface area contributed by atoms with Gasteiger partial charge in [0, 0.05) is 26.9 Å². The standard InChI is InChI=1S/C15H14BrClN2O2/c1-9-3-4-12(17)6-13(9)18-14(20)8-19-7-11(16)5-10(2)15(19)21/h3-7H,8H2,1-2H3,(H,18,20). The summed E-state index contributed by atoms with van der Waals surface area (Å²) in [5.74, 6) is -0.278. The Kier molecular flexibility index (Phi) is 4.85. The molecule has 110 valence electrons. The fraction of sp³-hybridized carbons (Fsp3) is 0.200. The molecule has 1 N–H and O–H groups in total. The number of amides is 1. The minimum Gasteiger partial charge on any atom is -0.324 e. The van der Waals surface area contributed by atoms with Gasteiger partial charge in [-0.25, -0.2) is 0 Å². The van der Waals surface area contributed by atoms with E-state index in [1.807, 2.05) is 13.0 Å². The lowest BCUT2D eigenvalue weighted by atomic mass is 10.2. The fourth-order valence-corrected chi connectivity index (χ4v) is 2.69. The van der Waals surface area contributed by atoms with Gasteiger partial charge in [-0.15, -0.1) is 0 Å². The maximum atomic E-state index is 12.1. The number of nitrogens with zero attached hydrogens (tertiary/aromatic N) is 1. The Hall–Kier alpha value is -1.59. The van der Waals surface area contributed by atoms with Gasteiger partial charge in [0.25, 0.3) is 5.56 Å². The summed E-state index contributed by atoms with van der Waals surface area (Å²) in [5.41, 5.74) is 1.95. The minimum atomic E-state index is -0.278. The lowest BCUT2D eigenvalue weighted by Gasteiger charge is -2.11. The highest BCUT2D eigenvalue weighted by molar-refractivity contribution is 9.10. The monoisotopic (exact) mass is 368 g/mol. The largest absolute Gasteiger partial charge is 0.324 e. The number of hydrogen-bond donors (Lipinski definition) is 1. The number of rotatable bonds is 3. The van der Waals surface area contributed by atoms with E-state index in [4.69, 9.17) is 11.6 Å². The average Bonchev–Trinajstić information content (AvgIpc) is 2.39. The first-order chi connectivity index (χ1) is 9.86. The van der Waals surface area contributed by atoms with E-state index in [0.717, 1.165) is 10.0 Å². The quantitative estimate of drug-likeness (QED) is 0.900. The van der Waals surface area contributed by atoms with Crippen LogP contribution in [0.1, 0.15) is 11.1 Å². The molecule has 0 spiro atoms. The summed E-state index contributed by atoms with van der Waals surface area (Å²) < 4.78 is 2.13. The Morgan fingerprint density at radius 2 is 2.00 bits per heavy atom. The van der Waals surface area contributed by atoms with Crippen LogP contribution in [0.15, 0.2) is 39.7 Å². The van der Waals surface area contributed by atoms with Crippen LogP contribution in [0.3, 0.4) is 0 Å². The van der Waals surface area contributed by atoms with Gasteiger partial charge in [0.05, 0.1) is 0 Å². The van der Waals surface area contributed by atoms with Crippen molar-refractivity contribution in [1.29, 1.82) is 0 Å². The molecule has 1 aromatic heterocycles. The molecule has 4 nitrogen and oxygen atoms in total. The lowest BCUT2D eigenvalue weighted by Crippen LogP contribution is -2.28. The predicted molar refractivity (Wildman–Crippen MR) is 88.0 cm³/mol. The van der Waals surface area contributed by atoms with E-state index in [2.05, 4.69) is 21.2 Å². The molecule has 0 saturated heterocycles. The lowest BCUT2D eigenvalue weighted by molar-refractivity contribution is -0.116. The van der Waals surface area contributed by atoms with Crippen molar-refractivity contribution in [2.24, 2.45) is 0 Å². The van der Waals surface area contributed by atoms with Crippen molar-refractivity contribution in [3.05, 3.63) is 61.4 Å². The van der Waals surface area contributed by atoms with Crippen molar-refractivity contribution < 1.29 is 4.79 Å². The molecular formula is C15H14BrClN2O2. The smallest absolute Gasteiger partial charge is 0.253 e. The molecule has 0 aliphatic heterocycles. The van der Waals surface area contributed by atoms with Crippen LogP contribution in [0.4, 0.5) is 5.69 Å². The Morgan fingerprint density at radius 1 is 1.29 bits per heavy atom. The number of carbonyl (C=O) groups excluding carboxylic acids is 1. The second-order valence-electron chi connectivity index (χ2n) is 4.78. The van der Waals surface area contributed by atoms with Gasteiger partial charge in [-0.1, -0.05) is 17.7 Å². The molecule has 1 amide bonds. The highest BCUT2D eigenvalue weighted by Gasteiger charge is 2.09. The molecule has 0 aliphatic carbocycles. The van der Waals surface area contributed by atoms with Crippen LogP contribution in [0, 0.1) is 13.8 Å². The number of nitrogens with one attached hydrogen (secondary N) is 1. The Labute approximate surface area is 135 Å². The molecular weight excluding hydrogens is 356 g/mol. The van der Waals surface area contributed by atoms with E-state index in [9.17, 15) is 9.59 Å². The third-order valence-corrected chi connectivity index (χ3v) is 3.69. The Bertz CT molecular complexity index is 756. The second kappa shape index (κ2) is 6.45. The summed E-state index contributed by atoms with van der Waals surface area (Å²) in [6.07, 6.45) is 1.60. The molecule has 2 rings (SSSR count). The van der Waals surface area contributed by atoms with Crippen molar-refractivity contribution in [2.75, 3.05) is 5.32 Å². The van der Waals surface area contributed by atoms with Gasteiger partial charge in [-0.3, -0.25) is 9.59 Å². The van der Waals surface area contributed by atoms with Gasteiger partial charge in [-0.05, 0) is 53.5 Å². The molecule has 6 heteroatoms. The summed E-state index contributed by atoms with van der Waals surface area (Å²) in [4.78, 5) is 24.1. The van der Waals surface area contributed by atoms with E-state index in [1.165, 1.54) is 4.57 Å². The Balaban J connectivity index is 2.19. The summed E-state index contributed by atoms with van der Waals surface area (Å²) in [6.45, 7) is 3.54. The van der Waals surface area contributed by atoms with Crippen molar-refractivity contribution in [2.45, 2.75) is 20.4 Å². The highest BCUT2D eigenvalue weighted by Crippen LogP contribution is 2.20. The number of aryl methyl sites for hydroxylation is 2. The third-order valence-electron chi connectivity index (χ3n) is 3.02. The van der Waals surface area contributed by atoms with Gasteiger partial charge in [0.2, 0.25) is 5.91 Å². The third kappa shape index (κ3) is 3.95. The van der Waals surface area contributed by atoms with Gasteiger partial charge in [0.1, 0.15) is 6.54 Å². The average molecular weight is 370 g/mol. The number of halogens is 2. The summed E-state index contributed by atoms with van der Waals surface area (Å²) >= 11 is 9.23. The van der Waals surface area contributed by atoms with Crippen LogP contribution in [0.2, 0.25) is 5.02 Å². The van der Waals surface area contributed by atoms with Crippen LogP contribution >= 0.6 is 27.5 Å². The SMILES string of the molecule is Cc1ccc(Cl)cc1NC(=O)Cn1cc(Br)cc(C)c1=O. The van der Waals surface area contributed by atoms with Crippen molar-refractivity contribution in [1.82, 2.24) is 4.57 Å². The zero-order valence-corrected chi connectivity index (χ0v) is 14.0. The van der Waals surface area contributed by atoms with Gasteiger partial charge < -0.3 is 9.88 Å². The van der Waals surface area contributed by atoms with Crippen LogP contribution in [0.25, 0.3) is 0 Å². The van der Waals surface area contributed by atoms with Crippen molar-refractivity contribution >= 4 is 39.1 Å². The number of aromatic nitrogens is 1. The summed E-state index contributed by atoms with van der Waals surface area (Å²) in [6, 6.07) is 6.99. The number of anilines is 1. The normalized spacial score (nSPS) is 10.5. The van der Waals surface area contributed by atoms with E-state index < -0.39 is 0 Å². The molecule has 0 radical (unpaired) electrons. The van der Waals surface area contributed by atoms with E-state index in [-0.39, 0.29) is 18.0 Å². The molecule has 0 fully saturated rings. The number of pyridine rings is 1. The maximum absolute atomic E-state index is 12.1. The van der Waals surface area contributed by atoms with Gasteiger partial charge in [0.15, 0.2) is 0 Å². The fourth-order valence-electron chi connectivity index (χ4n) is 1.93. The zero-order valence-electron chi connectivity index (χ0n) is 11.6. The predicted octanol–water partition coefficient (Wildman–Crippen LogP) is 3.52. The van der Waals surface area contributed by atoms with Gasteiger partial charge >= 0.3 is 0 Å². The molecule has 0 aliphatic rings. The molecule has 1 aromatic carbocycles. The van der Waals surface area contributed by atoms with E-state index >= 15 is 0 Å². The second-order valence-corrected chi connectivity index (χ2v) is 6.13. The highest BCUT2D eigenvalue weighted by atomic mass is 79.9. The van der Waals surface area contributed by atoms with Crippen LogP contribution < -0.4 is 10.9 Å². The molecule has 0 unspecified atom stereocenters. The Morgan fingerprint density at radius 3 is 2.71 bits per heavy atom. The zero-order chi connectivity index (χ0) is 15.6. The van der Waals surface area contributed by atoms with Crippen LogP contribution in [0.5, 0.6) is 0 Å². The van der Waals surface area contributed by atoms with Crippen LogP contribution in [-0.4, -0.2) is 10.5 Å². The first-order valence-electron chi connectivity index (χ1n) is 6.29. The molecule has 21 heavy (non-hydrogen) atoms. The van der Waals surface area contributed by atoms with Gasteiger partial charge in [-0.2, -0.15) is 0 Å². The summed E-state index contributed by atoms with van der Waals surface area (Å²) in [5, 5.41) is 3.31. The van der Waals surface area contributed by atoms with Crippen molar-refractivity contribution in [3.8, 4) is 0 Å². The van der Waals surface area contributed by atoms with Crippen molar-refractivity contribution in [3.63, 3.8) is 0 Å². The molecule has 0 atom stereocenters. The molecule has 0 bridgehead atoms. The maximum Gasteiger partial charge on any atom is 0.253 e. The van der Waals surface area contributed by atoms with E-state index in [1.54, 1.807) is 31.3 Å². The molecule has 0 saturated carbocycles.